The number of phenols is 1. The molecule has 6 N–H and O–H groups in total. The summed E-state index contributed by atoms with van der Waals surface area (Å²) >= 11 is 0. The molecule has 5 aliphatic rings. The molecule has 1 aromatic heterocycles. The number of rotatable bonds is 10. The molecular weight excluding hydrogens is 809 g/mol. The van der Waals surface area contributed by atoms with Crippen molar-refractivity contribution in [3.8, 4) is 29.4 Å². The maximum absolute atomic E-state index is 11.6. The summed E-state index contributed by atoms with van der Waals surface area (Å²) in [6.45, 7) is 20.9. The van der Waals surface area contributed by atoms with Gasteiger partial charge in [0.25, 0.3) is 0 Å². The van der Waals surface area contributed by atoms with E-state index in [1.54, 1.807) is 11.0 Å². The number of aliphatic hydroxyl groups is 1. The molecule has 0 bridgehead atoms. The molecule has 5 fully saturated rings. The van der Waals surface area contributed by atoms with E-state index >= 15 is 0 Å². The number of para-hydroxylation sites is 1. The van der Waals surface area contributed by atoms with E-state index in [1.807, 2.05) is 49.5 Å². The zero-order valence-electron chi connectivity index (χ0n) is 38.7. The van der Waals surface area contributed by atoms with Crippen LogP contribution in [0.25, 0.3) is 11.3 Å². The maximum Gasteiger partial charge on any atom is 0.223 e. The first-order chi connectivity index (χ1) is 30.7. The van der Waals surface area contributed by atoms with E-state index in [0.717, 1.165) is 79.4 Å². The Morgan fingerprint density at radius 3 is 2.14 bits per heavy atom. The smallest absolute Gasteiger partial charge is 0.223 e. The number of aliphatic hydroxyl groups excluding tert-OH is 1. The number of carbonyl (C=O) groups is 3. The lowest BCUT2D eigenvalue weighted by molar-refractivity contribution is -0.132. The van der Waals surface area contributed by atoms with Gasteiger partial charge >= 0.3 is 0 Å². The van der Waals surface area contributed by atoms with Crippen molar-refractivity contribution in [3.05, 3.63) is 65.7 Å². The molecule has 348 valence electrons. The van der Waals surface area contributed by atoms with E-state index in [9.17, 15) is 19.8 Å². The quantitative estimate of drug-likeness (QED) is 0.146. The standard InChI is InChI=1S/C28H41N7O.C10H19NO2.C10H9NO.CH3NO/c1-3-32-10-8-21(9-11-32)35-19-28(20-35)17-22(18-28)33-12-14-34(15-13-33)25-16-24(30-31-27(25)29-2)23-6-4-5-7-26(23)36;1-10(2,3)6-9(13)11-5-4-8(12)7-11;1-2-9-3-5-10(6-4-9)7-11-8-12;2-1-3/h4-7,16,21-22,36H,3,8-15,17-20H2,1-2H3,(H,29,31);8,12H,4-7H2,1-3H3;1,3-6,8H,7H2,(H,11,12);1H,(H2,2,3). The third kappa shape index (κ3) is 13.9. The molecule has 1 unspecified atom stereocenters. The van der Waals surface area contributed by atoms with Crippen LogP contribution in [0.4, 0.5) is 11.5 Å². The third-order valence-corrected chi connectivity index (χ3v) is 13.0. The van der Waals surface area contributed by atoms with Crippen molar-refractivity contribution < 1.29 is 24.6 Å². The van der Waals surface area contributed by atoms with Gasteiger partial charge in [0.1, 0.15) is 5.75 Å². The van der Waals surface area contributed by atoms with Gasteiger partial charge in [0.15, 0.2) is 5.82 Å². The highest BCUT2D eigenvalue weighted by molar-refractivity contribution is 5.77. The lowest BCUT2D eigenvalue weighted by atomic mass is 9.59. The zero-order chi connectivity index (χ0) is 46.3. The predicted molar refractivity (Wildman–Crippen MR) is 253 cm³/mol. The molecule has 15 nitrogen and oxygen atoms in total. The van der Waals surface area contributed by atoms with Crippen LogP contribution in [0, 0.1) is 23.2 Å². The summed E-state index contributed by atoms with van der Waals surface area (Å²) in [7, 11) is 1.90. The molecular formula is C49H72N10O5. The Bertz CT molecular complexity index is 1970. The first-order valence-corrected chi connectivity index (χ1v) is 22.9. The van der Waals surface area contributed by atoms with Crippen LogP contribution in [0.2, 0.25) is 0 Å². The Labute approximate surface area is 380 Å². The number of nitrogens with one attached hydrogen (secondary N) is 2. The second-order valence-electron chi connectivity index (χ2n) is 18.9. The van der Waals surface area contributed by atoms with E-state index in [-0.39, 0.29) is 29.6 Å². The molecule has 1 spiro atoms. The minimum Gasteiger partial charge on any atom is -0.507 e. The van der Waals surface area contributed by atoms with E-state index in [4.69, 9.17) is 11.2 Å². The third-order valence-electron chi connectivity index (χ3n) is 13.0. The summed E-state index contributed by atoms with van der Waals surface area (Å²) in [5.41, 5.74) is 9.22. The number of nitrogens with zero attached hydrogens (tertiary/aromatic N) is 7. The number of nitrogens with two attached hydrogens (primary N) is 1. The Kier molecular flexibility index (Phi) is 18.3. The molecule has 64 heavy (non-hydrogen) atoms. The largest absolute Gasteiger partial charge is 0.507 e. The molecule has 1 saturated carbocycles. The Morgan fingerprint density at radius 2 is 1.59 bits per heavy atom. The number of aromatic nitrogens is 2. The van der Waals surface area contributed by atoms with Gasteiger partial charge in [0.05, 0.1) is 17.5 Å². The number of primary amides is 1. The normalized spacial score (nSPS) is 20.1. The number of likely N-dealkylation sites (tertiary alicyclic amines) is 3. The van der Waals surface area contributed by atoms with E-state index in [0.29, 0.717) is 37.0 Å². The average Bonchev–Trinajstić information content (AvgIpc) is 3.72. The van der Waals surface area contributed by atoms with Gasteiger partial charge in [-0.25, -0.2) is 0 Å². The molecule has 8 rings (SSSR count). The SMILES string of the molecule is C#Cc1ccc(CNC=O)cc1.CC(C)(C)CC(=O)N1CCC(O)C1.CCN1CCC(N2CC3(CC(N4CCN(c5cc(-c6ccccc6O)nnc5NC)CC4)C3)C2)CC1.NC=O. The lowest BCUT2D eigenvalue weighted by Gasteiger charge is -2.63. The number of β-amino-alcohol motifs (C(OH)–C–C–N with tert-alkyl or cyclic N) is 1. The van der Waals surface area contributed by atoms with Gasteiger partial charge in [-0.2, -0.15) is 0 Å². The molecule has 1 atom stereocenters. The van der Waals surface area contributed by atoms with E-state index in [1.165, 1.54) is 58.4 Å². The fourth-order valence-corrected chi connectivity index (χ4v) is 9.49. The molecule has 3 aromatic rings. The first kappa shape index (κ1) is 49.7. The Hall–Kier alpha value is -5.27. The average molecular weight is 881 g/mol. The molecule has 0 radical (unpaired) electrons. The van der Waals surface area contributed by atoms with Gasteiger partial charge in [0, 0.05) is 95.6 Å². The number of carbonyl (C=O) groups excluding carboxylic acids is 3. The minimum absolute atomic E-state index is 0.0463. The van der Waals surface area contributed by atoms with Crippen molar-refractivity contribution in [3.63, 3.8) is 0 Å². The minimum atomic E-state index is -0.302. The molecule has 3 amide bonds. The summed E-state index contributed by atoms with van der Waals surface area (Å²) < 4.78 is 0. The van der Waals surface area contributed by atoms with E-state index in [2.05, 4.69) is 85.8 Å². The Balaban J connectivity index is 0.000000225. The van der Waals surface area contributed by atoms with Crippen molar-refractivity contribution in [2.45, 2.75) is 91.0 Å². The monoisotopic (exact) mass is 881 g/mol. The van der Waals surface area contributed by atoms with Crippen molar-refractivity contribution in [1.82, 2.24) is 35.1 Å². The molecule has 2 aromatic carbocycles. The topological polar surface area (TPSA) is 184 Å². The molecule has 5 heterocycles. The number of piperazine rings is 1. The van der Waals surface area contributed by atoms with Crippen molar-refractivity contribution in [1.29, 1.82) is 0 Å². The van der Waals surface area contributed by atoms with Crippen molar-refractivity contribution in [2.24, 2.45) is 16.6 Å². The second kappa shape index (κ2) is 23.6. The first-order valence-electron chi connectivity index (χ1n) is 22.9. The summed E-state index contributed by atoms with van der Waals surface area (Å²) in [5.74, 6) is 3.72. The number of terminal acetylenes is 1. The van der Waals surface area contributed by atoms with Gasteiger partial charge in [-0.05, 0) is 98.5 Å². The van der Waals surface area contributed by atoms with Crippen LogP contribution >= 0.6 is 0 Å². The van der Waals surface area contributed by atoms with Crippen LogP contribution in [-0.4, -0.2) is 156 Å². The fraction of sp³-hybridized carbons (Fsp3) is 0.571. The highest BCUT2D eigenvalue weighted by Gasteiger charge is 2.55. The number of phenolic OH excluding ortho intramolecular Hbond substituents is 1. The van der Waals surface area contributed by atoms with Crippen LogP contribution in [0.15, 0.2) is 54.6 Å². The van der Waals surface area contributed by atoms with Crippen LogP contribution < -0.4 is 21.3 Å². The number of hydrogen-bond acceptors (Lipinski definition) is 12. The molecule has 4 aliphatic heterocycles. The zero-order valence-corrected chi connectivity index (χ0v) is 38.7. The highest BCUT2D eigenvalue weighted by atomic mass is 16.3. The molecule has 4 saturated heterocycles. The number of hydrogen-bond donors (Lipinski definition) is 5. The number of piperidine rings is 1. The maximum atomic E-state index is 11.6. The number of benzene rings is 2. The van der Waals surface area contributed by atoms with Gasteiger partial charge in [-0.3, -0.25) is 24.2 Å². The van der Waals surface area contributed by atoms with Crippen LogP contribution in [-0.2, 0) is 20.9 Å². The van der Waals surface area contributed by atoms with Gasteiger partial charge in [-0.15, -0.1) is 16.6 Å². The lowest BCUT2D eigenvalue weighted by Crippen LogP contribution is -2.69. The summed E-state index contributed by atoms with van der Waals surface area (Å²) in [6.07, 6.45) is 12.6. The number of amides is 3. The fourth-order valence-electron chi connectivity index (χ4n) is 9.49. The summed E-state index contributed by atoms with van der Waals surface area (Å²) in [6, 6.07) is 18.5. The van der Waals surface area contributed by atoms with Gasteiger partial charge in [0.2, 0.25) is 18.7 Å². The van der Waals surface area contributed by atoms with Gasteiger partial charge < -0.3 is 41.3 Å². The van der Waals surface area contributed by atoms with Gasteiger partial charge in [-0.1, -0.05) is 57.9 Å². The van der Waals surface area contributed by atoms with Crippen LogP contribution in [0.1, 0.15) is 77.3 Å². The Morgan fingerprint density at radius 1 is 0.938 bits per heavy atom. The van der Waals surface area contributed by atoms with Crippen molar-refractivity contribution >= 4 is 30.2 Å². The van der Waals surface area contributed by atoms with Crippen LogP contribution in [0.5, 0.6) is 5.75 Å². The number of aromatic hydroxyl groups is 1. The van der Waals surface area contributed by atoms with Crippen LogP contribution in [0.3, 0.4) is 0 Å². The molecule has 1 aliphatic carbocycles. The van der Waals surface area contributed by atoms with Crippen molar-refractivity contribution in [2.75, 3.05) is 89.3 Å². The summed E-state index contributed by atoms with van der Waals surface area (Å²) in [5, 5.41) is 34.1. The second-order valence-corrected chi connectivity index (χ2v) is 18.9. The van der Waals surface area contributed by atoms with E-state index < -0.39 is 0 Å². The predicted octanol–water partition coefficient (Wildman–Crippen LogP) is 3.99. The number of anilines is 2. The highest BCUT2D eigenvalue weighted by Crippen LogP contribution is 2.51. The molecule has 15 heteroatoms. The summed E-state index contributed by atoms with van der Waals surface area (Å²) in [4.78, 5) is 42.5.